The number of aliphatic imine (C=N–C) groups is 1. The van der Waals surface area contributed by atoms with Crippen LogP contribution in [-0.2, 0) is 4.74 Å². The van der Waals surface area contributed by atoms with Crippen LogP contribution in [0.3, 0.4) is 0 Å². The third-order valence-electron chi connectivity index (χ3n) is 4.30. The van der Waals surface area contributed by atoms with Crippen LogP contribution in [0, 0.1) is 17.3 Å². The summed E-state index contributed by atoms with van der Waals surface area (Å²) in [6, 6.07) is 9.05. The first-order chi connectivity index (χ1) is 11.2. The molecule has 24 heavy (non-hydrogen) atoms. The second kappa shape index (κ2) is 8.00. The van der Waals surface area contributed by atoms with Crippen molar-refractivity contribution in [1.82, 2.24) is 0 Å². The molecule has 0 saturated heterocycles. The Bertz CT molecular complexity index is 561. The van der Waals surface area contributed by atoms with Crippen molar-refractivity contribution in [3.63, 3.8) is 0 Å². The van der Waals surface area contributed by atoms with Crippen LogP contribution in [0.5, 0.6) is 0 Å². The maximum absolute atomic E-state index is 6.04. The molecular formula is C21H34NOP. The summed E-state index contributed by atoms with van der Waals surface area (Å²) in [6.45, 7) is 16.8. The Labute approximate surface area is 149 Å². The van der Waals surface area contributed by atoms with Gasteiger partial charge in [-0.3, -0.25) is 0 Å². The summed E-state index contributed by atoms with van der Waals surface area (Å²) in [6.07, 6.45) is 2.56. The fraction of sp³-hybridized carbons (Fsp3) is 0.667. The molecule has 0 radical (unpaired) electrons. The molecule has 1 aromatic carbocycles. The van der Waals surface area contributed by atoms with Gasteiger partial charge in [0.05, 0.1) is 6.04 Å². The Morgan fingerprint density at radius 3 is 2.17 bits per heavy atom. The summed E-state index contributed by atoms with van der Waals surface area (Å²) in [5, 5.41) is 1.48. The highest BCUT2D eigenvalue weighted by molar-refractivity contribution is 7.65. The van der Waals surface area contributed by atoms with E-state index >= 15 is 0 Å². The molecular weight excluding hydrogens is 313 g/mol. The predicted molar refractivity (Wildman–Crippen MR) is 108 cm³/mol. The van der Waals surface area contributed by atoms with Crippen LogP contribution in [0.25, 0.3) is 0 Å². The van der Waals surface area contributed by atoms with Crippen LogP contribution < -0.4 is 5.30 Å². The van der Waals surface area contributed by atoms with E-state index in [1.54, 1.807) is 0 Å². The molecule has 134 valence electrons. The fourth-order valence-corrected chi connectivity index (χ4v) is 6.16. The summed E-state index contributed by atoms with van der Waals surface area (Å²) in [4.78, 5) is 4.94. The lowest BCUT2D eigenvalue weighted by molar-refractivity contribution is 0.236. The van der Waals surface area contributed by atoms with Gasteiger partial charge in [-0.15, -0.1) is 0 Å². The van der Waals surface area contributed by atoms with E-state index in [1.165, 1.54) is 23.2 Å². The predicted octanol–water partition coefficient (Wildman–Crippen LogP) is 5.30. The summed E-state index contributed by atoms with van der Waals surface area (Å²) in [7, 11) is -0.175. The molecule has 0 N–H and O–H groups in total. The minimum Gasteiger partial charge on any atom is -0.475 e. The van der Waals surface area contributed by atoms with E-state index in [0.29, 0.717) is 6.61 Å². The normalized spacial score (nSPS) is 18.4. The smallest absolute Gasteiger partial charge is 0.217 e. The van der Waals surface area contributed by atoms with E-state index in [2.05, 4.69) is 72.7 Å². The van der Waals surface area contributed by atoms with Crippen molar-refractivity contribution in [3.8, 4) is 0 Å². The number of rotatable bonds is 6. The van der Waals surface area contributed by atoms with Crippen LogP contribution in [0.15, 0.2) is 29.3 Å². The van der Waals surface area contributed by atoms with E-state index in [1.807, 2.05) is 0 Å². The Morgan fingerprint density at radius 1 is 1.08 bits per heavy atom. The third-order valence-corrected chi connectivity index (χ3v) is 7.71. The van der Waals surface area contributed by atoms with Crippen molar-refractivity contribution in [2.75, 3.05) is 18.9 Å². The van der Waals surface area contributed by atoms with Crippen LogP contribution in [-0.4, -0.2) is 30.9 Å². The number of hydrogen-bond acceptors (Lipinski definition) is 2. The maximum Gasteiger partial charge on any atom is 0.217 e. The van der Waals surface area contributed by atoms with Gasteiger partial charge >= 0.3 is 0 Å². The SMILES string of the molecule is CC(C)CP(CC(C)C)c1ccccc1C1=N[C@@H](C(C)(C)C)CO1. The van der Waals surface area contributed by atoms with Crippen molar-refractivity contribution in [2.45, 2.75) is 54.5 Å². The molecule has 0 bridgehead atoms. The minimum atomic E-state index is -0.175. The topological polar surface area (TPSA) is 21.6 Å². The highest BCUT2D eigenvalue weighted by Gasteiger charge is 2.32. The zero-order chi connectivity index (χ0) is 17.9. The second-order valence-electron chi connectivity index (χ2n) is 8.84. The molecule has 1 aliphatic heterocycles. The van der Waals surface area contributed by atoms with E-state index in [0.717, 1.165) is 17.7 Å². The van der Waals surface area contributed by atoms with E-state index in [-0.39, 0.29) is 19.4 Å². The van der Waals surface area contributed by atoms with Gasteiger partial charge in [-0.2, -0.15) is 0 Å². The van der Waals surface area contributed by atoms with Gasteiger partial charge in [0.15, 0.2) is 0 Å². The monoisotopic (exact) mass is 347 g/mol. The zero-order valence-electron chi connectivity index (χ0n) is 16.5. The molecule has 1 aliphatic rings. The van der Waals surface area contributed by atoms with Gasteiger partial charge in [0, 0.05) is 5.56 Å². The van der Waals surface area contributed by atoms with E-state index < -0.39 is 0 Å². The Kier molecular flexibility index (Phi) is 6.48. The quantitative estimate of drug-likeness (QED) is 0.640. The van der Waals surface area contributed by atoms with Crippen LogP contribution >= 0.6 is 7.92 Å². The van der Waals surface area contributed by atoms with Gasteiger partial charge < -0.3 is 4.74 Å². The lowest BCUT2D eigenvalue weighted by atomic mass is 9.88. The van der Waals surface area contributed by atoms with Crippen LogP contribution in [0.1, 0.15) is 54.0 Å². The number of hydrogen-bond donors (Lipinski definition) is 0. The van der Waals surface area contributed by atoms with Crippen molar-refractivity contribution in [3.05, 3.63) is 29.8 Å². The summed E-state index contributed by atoms with van der Waals surface area (Å²) in [5.74, 6) is 2.30. The van der Waals surface area contributed by atoms with Gasteiger partial charge in [-0.25, -0.2) is 4.99 Å². The first-order valence-electron chi connectivity index (χ1n) is 9.23. The highest BCUT2D eigenvalue weighted by Crippen LogP contribution is 2.40. The van der Waals surface area contributed by atoms with Crippen molar-refractivity contribution < 1.29 is 4.74 Å². The maximum atomic E-state index is 6.04. The largest absolute Gasteiger partial charge is 0.475 e. The summed E-state index contributed by atoms with van der Waals surface area (Å²) in [5.41, 5.74) is 1.38. The molecule has 2 nitrogen and oxygen atoms in total. The highest BCUT2D eigenvalue weighted by atomic mass is 31.1. The van der Waals surface area contributed by atoms with Crippen molar-refractivity contribution >= 4 is 19.1 Å². The fourth-order valence-electron chi connectivity index (χ4n) is 3.05. The molecule has 0 aliphatic carbocycles. The standard InChI is InChI=1S/C21H34NOP/c1-15(2)13-24(14-16(3)4)18-11-9-8-10-17(18)20-22-19(12-23-20)21(5,6)7/h8-11,15-16,19H,12-14H2,1-7H3/t19-/m1/s1. The molecule has 2 rings (SSSR count). The first kappa shape index (κ1) is 19.4. The van der Waals surface area contributed by atoms with Gasteiger partial charge in [0.2, 0.25) is 5.90 Å². The lowest BCUT2D eigenvalue weighted by Crippen LogP contribution is -2.25. The van der Waals surface area contributed by atoms with E-state index in [9.17, 15) is 0 Å². The molecule has 1 heterocycles. The number of benzene rings is 1. The van der Waals surface area contributed by atoms with Gasteiger partial charge in [0.25, 0.3) is 0 Å². The first-order valence-corrected chi connectivity index (χ1v) is 10.9. The van der Waals surface area contributed by atoms with Crippen LogP contribution in [0.2, 0.25) is 0 Å². The van der Waals surface area contributed by atoms with Crippen molar-refractivity contribution in [1.29, 1.82) is 0 Å². The van der Waals surface area contributed by atoms with Gasteiger partial charge in [-0.05, 0) is 40.9 Å². The third kappa shape index (κ3) is 5.06. The van der Waals surface area contributed by atoms with Gasteiger partial charge in [-0.1, -0.05) is 74.6 Å². The summed E-state index contributed by atoms with van der Waals surface area (Å²) < 4.78 is 6.04. The molecule has 1 atom stereocenters. The molecule has 0 amide bonds. The Hall–Kier alpha value is -0.880. The lowest BCUT2D eigenvalue weighted by Gasteiger charge is -2.24. The zero-order valence-corrected chi connectivity index (χ0v) is 17.4. The molecule has 0 saturated carbocycles. The molecule has 0 unspecified atom stereocenters. The Balaban J connectivity index is 2.35. The average Bonchev–Trinajstić information content (AvgIpc) is 2.95. The second-order valence-corrected chi connectivity index (χ2v) is 11.1. The number of nitrogens with zero attached hydrogens (tertiary/aromatic N) is 1. The molecule has 1 aromatic rings. The molecule has 3 heteroatoms. The molecule has 0 aromatic heterocycles. The number of ether oxygens (including phenoxy) is 1. The average molecular weight is 347 g/mol. The van der Waals surface area contributed by atoms with E-state index in [4.69, 9.17) is 9.73 Å². The van der Waals surface area contributed by atoms with Crippen molar-refractivity contribution in [2.24, 2.45) is 22.2 Å². The van der Waals surface area contributed by atoms with Gasteiger partial charge in [0.1, 0.15) is 6.61 Å². The Morgan fingerprint density at radius 2 is 1.67 bits per heavy atom. The minimum absolute atomic E-state index is 0.150. The van der Waals surface area contributed by atoms with Crippen LogP contribution in [0.4, 0.5) is 0 Å². The molecule has 0 fully saturated rings. The summed E-state index contributed by atoms with van der Waals surface area (Å²) >= 11 is 0. The molecule has 0 spiro atoms.